The Labute approximate surface area is 221 Å². The van der Waals surface area contributed by atoms with Crippen LogP contribution in [0.3, 0.4) is 0 Å². The Bertz CT molecular complexity index is 1390. The molecule has 7 heteroatoms. The number of methoxy groups -OCH3 is 1. The van der Waals surface area contributed by atoms with Crippen molar-refractivity contribution in [3.8, 4) is 34.3 Å². The van der Waals surface area contributed by atoms with Crippen molar-refractivity contribution in [1.29, 1.82) is 0 Å². The van der Waals surface area contributed by atoms with E-state index in [0.717, 1.165) is 46.9 Å². The monoisotopic (exact) mass is 514 g/mol. The van der Waals surface area contributed by atoms with Crippen molar-refractivity contribution in [3.63, 3.8) is 0 Å². The third kappa shape index (κ3) is 6.04. The first kappa shape index (κ1) is 24.7. The van der Waals surface area contributed by atoms with E-state index in [-0.39, 0.29) is 5.91 Å². The molecule has 0 aliphatic carbocycles. The quantitative estimate of drug-likeness (QED) is 0.290. The number of amides is 1. The van der Waals surface area contributed by atoms with Gasteiger partial charge in [-0.2, -0.15) is 0 Å². The summed E-state index contributed by atoms with van der Waals surface area (Å²) in [6.45, 7) is 1.17. The van der Waals surface area contributed by atoms with Crippen molar-refractivity contribution in [1.82, 2.24) is 10.3 Å². The number of ether oxygens (including phenoxy) is 3. The number of hydrogen-bond donors (Lipinski definition) is 1. The lowest BCUT2D eigenvalue weighted by atomic mass is 10.1. The van der Waals surface area contributed by atoms with Gasteiger partial charge in [0.25, 0.3) is 5.91 Å². The minimum Gasteiger partial charge on any atom is -0.497 e. The number of rotatable bonds is 8. The number of aromatic nitrogens is 1. The topological polar surface area (TPSA) is 69.7 Å². The Balaban J connectivity index is 1.16. The number of carbonyl (C=O) groups is 1. The van der Waals surface area contributed by atoms with Gasteiger partial charge in [0.2, 0.25) is 0 Å². The van der Waals surface area contributed by atoms with Crippen molar-refractivity contribution in [2.24, 2.45) is 0 Å². The zero-order valence-corrected chi connectivity index (χ0v) is 21.3. The maximum Gasteiger partial charge on any atom is 0.251 e. The van der Waals surface area contributed by atoms with E-state index in [1.807, 2.05) is 54.6 Å². The smallest absolute Gasteiger partial charge is 0.251 e. The summed E-state index contributed by atoms with van der Waals surface area (Å²) in [7, 11) is 1.65. The van der Waals surface area contributed by atoms with Crippen molar-refractivity contribution in [2.75, 3.05) is 20.3 Å². The Morgan fingerprint density at radius 1 is 1.03 bits per heavy atom. The molecule has 188 valence electrons. The van der Waals surface area contributed by atoms with E-state index < -0.39 is 0 Å². The molecule has 0 spiro atoms. The first-order chi connectivity index (χ1) is 18.1. The van der Waals surface area contributed by atoms with E-state index in [9.17, 15) is 4.79 Å². The van der Waals surface area contributed by atoms with E-state index in [4.69, 9.17) is 30.8 Å². The highest BCUT2D eigenvalue weighted by Crippen LogP contribution is 2.37. The number of nitrogens with one attached hydrogen (secondary N) is 1. The van der Waals surface area contributed by atoms with Crippen LogP contribution in [0.5, 0.6) is 23.0 Å². The minimum absolute atomic E-state index is 0.155. The molecular formula is C30H27ClN2O4. The average Bonchev–Trinajstić information content (AvgIpc) is 2.94. The predicted octanol–water partition coefficient (Wildman–Crippen LogP) is 6.50. The summed E-state index contributed by atoms with van der Waals surface area (Å²) in [5, 5.41) is 3.50. The predicted molar refractivity (Wildman–Crippen MR) is 144 cm³/mol. The van der Waals surface area contributed by atoms with Crippen molar-refractivity contribution < 1.29 is 19.0 Å². The molecule has 3 aromatic carbocycles. The molecule has 0 unspecified atom stereocenters. The number of pyridine rings is 1. The Kier molecular flexibility index (Phi) is 7.57. The van der Waals surface area contributed by atoms with Crippen molar-refractivity contribution in [2.45, 2.75) is 19.3 Å². The van der Waals surface area contributed by atoms with Crippen LogP contribution in [-0.2, 0) is 12.8 Å². The van der Waals surface area contributed by atoms with Gasteiger partial charge in [-0.15, -0.1) is 0 Å². The summed E-state index contributed by atoms with van der Waals surface area (Å²) in [5.41, 5.74) is 4.44. The first-order valence-corrected chi connectivity index (χ1v) is 12.6. The molecule has 0 atom stereocenters. The fraction of sp³-hybridized carbons (Fsp3) is 0.200. The molecule has 37 heavy (non-hydrogen) atoms. The zero-order chi connectivity index (χ0) is 25.6. The minimum atomic E-state index is -0.155. The summed E-state index contributed by atoms with van der Waals surface area (Å²) in [6, 6.07) is 24.4. The molecule has 2 heterocycles. The fourth-order valence-corrected chi connectivity index (χ4v) is 4.40. The maximum absolute atomic E-state index is 12.6. The van der Waals surface area contributed by atoms with Gasteiger partial charge < -0.3 is 19.5 Å². The van der Waals surface area contributed by atoms with Gasteiger partial charge >= 0.3 is 0 Å². The lowest BCUT2D eigenvalue weighted by Crippen LogP contribution is -2.25. The lowest BCUT2D eigenvalue weighted by Gasteiger charge is -2.19. The van der Waals surface area contributed by atoms with Crippen LogP contribution in [-0.4, -0.2) is 31.2 Å². The summed E-state index contributed by atoms with van der Waals surface area (Å²) in [5.74, 6) is 2.58. The first-order valence-electron chi connectivity index (χ1n) is 12.2. The molecule has 5 rings (SSSR count). The molecule has 1 N–H and O–H groups in total. The summed E-state index contributed by atoms with van der Waals surface area (Å²) >= 11 is 6.40. The van der Waals surface area contributed by atoms with E-state index in [0.29, 0.717) is 41.7 Å². The highest BCUT2D eigenvalue weighted by atomic mass is 35.5. The number of carbonyl (C=O) groups excluding carboxylic acids is 1. The van der Waals surface area contributed by atoms with Gasteiger partial charge in [0.15, 0.2) is 0 Å². The molecule has 6 nitrogen and oxygen atoms in total. The van der Waals surface area contributed by atoms with Gasteiger partial charge in [0.05, 0.1) is 24.4 Å². The SMILES string of the molecule is COc1ccc(-c2cccc(CCNC(=O)c3ccc(Oc4cc5c(cc4Cl)CCCO5)cc3)n2)cc1. The van der Waals surface area contributed by atoms with Crippen LogP contribution in [0.25, 0.3) is 11.3 Å². The molecule has 4 aromatic rings. The standard InChI is InChI=1S/C30H27ClN2O4/c1-35-24-11-7-20(8-12-24)27-6-2-5-23(33-27)15-16-32-30(34)21-9-13-25(14-10-21)37-29-19-28-22(18-26(29)31)4-3-17-36-28/h2,5-14,18-19H,3-4,15-17H2,1H3,(H,32,34). The second-order valence-corrected chi connectivity index (χ2v) is 9.12. The molecule has 0 radical (unpaired) electrons. The average molecular weight is 515 g/mol. The van der Waals surface area contributed by atoms with Crippen LogP contribution < -0.4 is 19.5 Å². The second kappa shape index (κ2) is 11.4. The van der Waals surface area contributed by atoms with Crippen LogP contribution >= 0.6 is 11.6 Å². The van der Waals surface area contributed by atoms with E-state index >= 15 is 0 Å². The molecule has 1 aromatic heterocycles. The number of fused-ring (bicyclic) bond motifs is 1. The lowest BCUT2D eigenvalue weighted by molar-refractivity contribution is 0.0954. The van der Waals surface area contributed by atoms with Gasteiger partial charge in [0.1, 0.15) is 23.0 Å². The molecule has 0 saturated carbocycles. The third-order valence-electron chi connectivity index (χ3n) is 6.17. The van der Waals surface area contributed by atoms with E-state index in [2.05, 4.69) is 5.32 Å². The number of halogens is 1. The van der Waals surface area contributed by atoms with E-state index in [1.165, 1.54) is 0 Å². The third-order valence-corrected chi connectivity index (χ3v) is 6.46. The van der Waals surface area contributed by atoms with Gasteiger partial charge in [-0.05, 0) is 85.1 Å². The zero-order valence-electron chi connectivity index (χ0n) is 20.5. The highest BCUT2D eigenvalue weighted by molar-refractivity contribution is 6.32. The van der Waals surface area contributed by atoms with Gasteiger partial charge in [-0.3, -0.25) is 9.78 Å². The number of benzene rings is 3. The molecule has 0 fully saturated rings. The molecule has 1 aliphatic heterocycles. The highest BCUT2D eigenvalue weighted by Gasteiger charge is 2.15. The largest absolute Gasteiger partial charge is 0.497 e. The number of nitrogens with zero attached hydrogens (tertiary/aromatic N) is 1. The molecular weight excluding hydrogens is 488 g/mol. The normalized spacial score (nSPS) is 12.3. The maximum atomic E-state index is 12.6. The van der Waals surface area contributed by atoms with Gasteiger partial charge in [0, 0.05) is 35.9 Å². The summed E-state index contributed by atoms with van der Waals surface area (Å²) in [6.07, 6.45) is 2.55. The van der Waals surface area contributed by atoms with Crippen LogP contribution in [0.4, 0.5) is 0 Å². The molecule has 0 saturated heterocycles. The van der Waals surface area contributed by atoms with Gasteiger partial charge in [-0.1, -0.05) is 17.7 Å². The molecule has 1 amide bonds. The van der Waals surface area contributed by atoms with Crippen LogP contribution in [0.1, 0.15) is 28.0 Å². The summed E-state index contributed by atoms with van der Waals surface area (Å²) < 4.78 is 16.9. The number of hydrogen-bond acceptors (Lipinski definition) is 5. The van der Waals surface area contributed by atoms with Crippen LogP contribution in [0.2, 0.25) is 5.02 Å². The Morgan fingerprint density at radius 2 is 1.81 bits per heavy atom. The van der Waals surface area contributed by atoms with Crippen LogP contribution in [0.15, 0.2) is 78.9 Å². The van der Waals surface area contributed by atoms with Gasteiger partial charge in [-0.25, -0.2) is 0 Å². The van der Waals surface area contributed by atoms with Crippen molar-refractivity contribution >= 4 is 17.5 Å². The van der Waals surface area contributed by atoms with Crippen molar-refractivity contribution in [3.05, 3.63) is 101 Å². The Morgan fingerprint density at radius 3 is 2.59 bits per heavy atom. The number of aryl methyl sites for hydroxylation is 1. The van der Waals surface area contributed by atoms with E-state index in [1.54, 1.807) is 31.4 Å². The molecule has 1 aliphatic rings. The second-order valence-electron chi connectivity index (χ2n) is 8.72. The Hall–Kier alpha value is -4.03. The summed E-state index contributed by atoms with van der Waals surface area (Å²) in [4.78, 5) is 17.4. The molecule has 0 bridgehead atoms. The van der Waals surface area contributed by atoms with Crippen LogP contribution in [0, 0.1) is 0 Å². The fourth-order valence-electron chi connectivity index (χ4n) is 4.18.